The van der Waals surface area contributed by atoms with E-state index in [0.717, 1.165) is 27.9 Å². The second-order valence-electron chi connectivity index (χ2n) is 10.5. The molecule has 0 N–H and O–H groups in total. The predicted octanol–water partition coefficient (Wildman–Crippen LogP) is 6.40. The quantitative estimate of drug-likeness (QED) is 0.214. The number of carbonyl (C=O) groups is 2. The summed E-state index contributed by atoms with van der Waals surface area (Å²) in [5, 5.41) is 0.777. The number of rotatable bonds is 7. The van der Waals surface area contributed by atoms with E-state index in [-0.39, 0.29) is 41.9 Å². The molecule has 212 valence electrons. The van der Waals surface area contributed by atoms with Gasteiger partial charge in [-0.25, -0.2) is 13.8 Å². The minimum atomic E-state index is -0.364. The van der Waals surface area contributed by atoms with Crippen LogP contribution in [0.5, 0.6) is 0 Å². The first kappa shape index (κ1) is 27.3. The molecule has 1 aliphatic heterocycles. The van der Waals surface area contributed by atoms with Crippen molar-refractivity contribution in [2.45, 2.75) is 19.8 Å². The zero-order valence-electron chi connectivity index (χ0n) is 23.1. The first-order valence-corrected chi connectivity index (χ1v) is 13.9. The first-order valence-electron chi connectivity index (χ1n) is 13.9. The molecule has 0 saturated carbocycles. The van der Waals surface area contributed by atoms with Crippen LogP contribution in [0.4, 0.5) is 14.6 Å². The number of piperazine rings is 1. The van der Waals surface area contributed by atoms with E-state index in [4.69, 9.17) is 4.42 Å². The summed E-state index contributed by atoms with van der Waals surface area (Å²) in [5.74, 6) is 0.138. The number of halogens is 2. The van der Waals surface area contributed by atoms with Crippen molar-refractivity contribution >= 4 is 28.5 Å². The van der Waals surface area contributed by atoms with Gasteiger partial charge in [-0.3, -0.25) is 9.59 Å². The summed E-state index contributed by atoms with van der Waals surface area (Å²) < 4.78 is 34.2. The molecule has 0 atom stereocenters. The Bertz CT molecular complexity index is 1770. The van der Waals surface area contributed by atoms with Crippen molar-refractivity contribution in [1.29, 1.82) is 0 Å². The smallest absolute Gasteiger partial charge is 0.227 e. The molecule has 1 amide bonds. The number of nitrogens with zero attached hydrogens (tertiary/aromatic N) is 3. The first-order chi connectivity index (χ1) is 20.4. The van der Waals surface area contributed by atoms with E-state index in [1.807, 2.05) is 25.1 Å². The third kappa shape index (κ3) is 5.52. The molecule has 0 bridgehead atoms. The van der Waals surface area contributed by atoms with Gasteiger partial charge in [0.15, 0.2) is 5.76 Å². The van der Waals surface area contributed by atoms with Crippen molar-refractivity contribution in [3.8, 4) is 11.1 Å². The van der Waals surface area contributed by atoms with Crippen molar-refractivity contribution in [2.24, 2.45) is 0 Å². The van der Waals surface area contributed by atoms with Crippen LogP contribution in [0, 0.1) is 18.6 Å². The number of carbonyl (C=O) groups excluding carboxylic acids is 2. The van der Waals surface area contributed by atoms with Gasteiger partial charge < -0.3 is 14.2 Å². The van der Waals surface area contributed by atoms with E-state index >= 15 is 0 Å². The maximum absolute atomic E-state index is 14.3. The molecule has 0 unspecified atom stereocenters. The van der Waals surface area contributed by atoms with E-state index in [9.17, 15) is 18.4 Å². The van der Waals surface area contributed by atoms with Crippen molar-refractivity contribution in [2.75, 3.05) is 31.1 Å². The van der Waals surface area contributed by atoms with Crippen LogP contribution in [0.2, 0.25) is 0 Å². The predicted molar refractivity (Wildman–Crippen MR) is 158 cm³/mol. The van der Waals surface area contributed by atoms with Crippen LogP contribution in [0.15, 0.2) is 89.5 Å². The van der Waals surface area contributed by atoms with Gasteiger partial charge in [-0.2, -0.15) is 0 Å². The summed E-state index contributed by atoms with van der Waals surface area (Å²) in [7, 11) is 0. The van der Waals surface area contributed by atoms with E-state index in [1.54, 1.807) is 59.6 Å². The maximum atomic E-state index is 14.3. The molecular weight excluding hydrogens is 536 g/mol. The van der Waals surface area contributed by atoms with Crippen LogP contribution in [0.3, 0.4) is 0 Å². The average Bonchev–Trinajstić information content (AvgIpc) is 3.34. The van der Waals surface area contributed by atoms with Gasteiger partial charge in [0.25, 0.3) is 0 Å². The van der Waals surface area contributed by atoms with Gasteiger partial charge in [-0.15, -0.1) is 0 Å². The maximum Gasteiger partial charge on any atom is 0.227 e. The van der Waals surface area contributed by atoms with Gasteiger partial charge in [0.2, 0.25) is 11.7 Å². The Balaban J connectivity index is 1.08. The van der Waals surface area contributed by atoms with Crippen molar-refractivity contribution in [1.82, 2.24) is 9.88 Å². The Morgan fingerprint density at radius 2 is 1.60 bits per heavy atom. The number of hydrogen-bond donors (Lipinski definition) is 0. The van der Waals surface area contributed by atoms with Crippen LogP contribution in [-0.2, 0) is 17.6 Å². The van der Waals surface area contributed by atoms with Crippen LogP contribution < -0.4 is 4.90 Å². The number of Topliss-reactive ketones (excluding diaryl/α,β-unsaturated/α-hetero) is 1. The molecule has 2 aromatic heterocycles. The van der Waals surface area contributed by atoms with Gasteiger partial charge >= 0.3 is 0 Å². The number of furan rings is 1. The average molecular weight is 566 g/mol. The highest BCUT2D eigenvalue weighted by Gasteiger charge is 2.23. The molecule has 3 heterocycles. The Morgan fingerprint density at radius 1 is 0.857 bits per heavy atom. The van der Waals surface area contributed by atoms with Gasteiger partial charge in [0.1, 0.15) is 23.0 Å². The van der Waals surface area contributed by atoms with Gasteiger partial charge in [-0.05, 0) is 53.9 Å². The summed E-state index contributed by atoms with van der Waals surface area (Å²) in [5.41, 5.74) is 3.68. The fraction of sp³-hybridized carbons (Fsp3) is 0.206. The minimum absolute atomic E-state index is 0.0467. The molecule has 42 heavy (non-hydrogen) atoms. The lowest BCUT2D eigenvalue weighted by atomic mass is 10.0. The third-order valence-corrected chi connectivity index (χ3v) is 7.80. The van der Waals surface area contributed by atoms with E-state index in [1.165, 1.54) is 12.1 Å². The molecule has 8 heteroatoms. The molecule has 1 saturated heterocycles. The van der Waals surface area contributed by atoms with Gasteiger partial charge in [-0.1, -0.05) is 48.5 Å². The fourth-order valence-corrected chi connectivity index (χ4v) is 5.43. The van der Waals surface area contributed by atoms with E-state index in [2.05, 4.69) is 9.88 Å². The SMILES string of the molecule is Cc1c(C(=O)Cc2ccc(N3CCN(C(=O)Cc4ccccc4F)CC3)nc2)oc2ccc(-c3ccccc3F)cc12. The van der Waals surface area contributed by atoms with Crippen LogP contribution >= 0.6 is 0 Å². The van der Waals surface area contributed by atoms with E-state index in [0.29, 0.717) is 42.9 Å². The molecule has 0 aliphatic carbocycles. The Morgan fingerprint density at radius 3 is 2.31 bits per heavy atom. The summed E-state index contributed by atoms with van der Waals surface area (Å²) in [6.07, 6.45) is 1.87. The molecule has 0 spiro atoms. The second kappa shape index (κ2) is 11.6. The minimum Gasteiger partial charge on any atom is -0.453 e. The van der Waals surface area contributed by atoms with E-state index < -0.39 is 0 Å². The number of aromatic nitrogens is 1. The molecule has 6 rings (SSSR count). The van der Waals surface area contributed by atoms with Gasteiger partial charge in [0.05, 0.1) is 6.42 Å². The normalized spacial score (nSPS) is 13.5. The number of fused-ring (bicyclic) bond motifs is 1. The molecular formula is C34H29F2N3O3. The fourth-order valence-electron chi connectivity index (χ4n) is 5.43. The number of pyridine rings is 1. The monoisotopic (exact) mass is 565 g/mol. The second-order valence-corrected chi connectivity index (χ2v) is 10.5. The van der Waals surface area contributed by atoms with Crippen molar-refractivity contribution in [3.05, 3.63) is 119 Å². The zero-order valence-corrected chi connectivity index (χ0v) is 23.1. The standard InChI is InChI=1S/C34H29F2N3O3/c1-22-27-19-24(26-7-3-5-9-29(26)36)11-12-31(27)42-34(22)30(40)18-23-10-13-32(37-21-23)38-14-16-39(17-15-38)33(41)20-25-6-2-4-8-28(25)35/h2-13,19,21H,14-18,20H2,1H3. The van der Waals surface area contributed by atoms with Gasteiger partial charge in [0, 0.05) is 55.3 Å². The lowest BCUT2D eigenvalue weighted by molar-refractivity contribution is -0.130. The molecule has 6 nitrogen and oxygen atoms in total. The Kier molecular flexibility index (Phi) is 7.52. The number of amides is 1. The van der Waals surface area contributed by atoms with Crippen molar-refractivity contribution in [3.63, 3.8) is 0 Å². The lowest BCUT2D eigenvalue weighted by Crippen LogP contribution is -2.49. The molecule has 0 radical (unpaired) electrons. The molecule has 5 aromatic rings. The summed E-state index contributed by atoms with van der Waals surface area (Å²) in [6.45, 7) is 4.12. The number of anilines is 1. The molecule has 3 aromatic carbocycles. The van der Waals surface area contributed by atoms with Crippen LogP contribution in [-0.4, -0.2) is 47.8 Å². The summed E-state index contributed by atoms with van der Waals surface area (Å²) in [4.78, 5) is 34.3. The van der Waals surface area contributed by atoms with Crippen LogP contribution in [0.25, 0.3) is 22.1 Å². The largest absolute Gasteiger partial charge is 0.453 e. The summed E-state index contributed by atoms with van der Waals surface area (Å²) in [6, 6.07) is 22.1. The zero-order chi connectivity index (χ0) is 29.2. The number of ketones is 1. The highest BCUT2D eigenvalue weighted by Crippen LogP contribution is 2.32. The number of hydrogen-bond acceptors (Lipinski definition) is 5. The number of benzene rings is 3. The molecule has 1 fully saturated rings. The highest BCUT2D eigenvalue weighted by atomic mass is 19.1. The van der Waals surface area contributed by atoms with Crippen molar-refractivity contribution < 1.29 is 22.8 Å². The Hall–Kier alpha value is -4.85. The summed E-state index contributed by atoms with van der Waals surface area (Å²) >= 11 is 0. The van der Waals surface area contributed by atoms with Crippen LogP contribution in [0.1, 0.15) is 27.2 Å². The third-order valence-electron chi connectivity index (χ3n) is 7.80. The Labute approximate surface area is 242 Å². The molecule has 1 aliphatic rings. The number of aryl methyl sites for hydroxylation is 1. The highest BCUT2D eigenvalue weighted by molar-refractivity contribution is 6.02. The lowest BCUT2D eigenvalue weighted by Gasteiger charge is -2.35. The topological polar surface area (TPSA) is 66.7 Å².